The Balaban J connectivity index is 4.36. The van der Waals surface area contributed by atoms with Crippen LogP contribution in [0.5, 0.6) is 0 Å². The molecule has 0 saturated carbocycles. The molecule has 0 aromatic rings. The summed E-state index contributed by atoms with van der Waals surface area (Å²) in [7, 11) is 0. The van der Waals surface area contributed by atoms with Gasteiger partial charge in [-0.15, -0.1) is 0 Å². The van der Waals surface area contributed by atoms with Gasteiger partial charge in [-0.1, -0.05) is 0 Å². The molecule has 1 amide bonds. The van der Waals surface area contributed by atoms with Crippen molar-refractivity contribution in [2.75, 3.05) is 13.2 Å². The molecule has 106 valence electrons. The van der Waals surface area contributed by atoms with Crippen molar-refractivity contribution in [2.24, 2.45) is 0 Å². The molecule has 0 bridgehead atoms. The molecule has 0 saturated heterocycles. The number of carbonyl (C=O) groups excluding carboxylic acids is 2. The van der Waals surface area contributed by atoms with Gasteiger partial charge in [0.1, 0.15) is 12.1 Å². The van der Waals surface area contributed by atoms with Crippen molar-refractivity contribution in [3.8, 4) is 0 Å². The van der Waals surface area contributed by atoms with Gasteiger partial charge in [-0.05, 0) is 41.5 Å². The summed E-state index contributed by atoms with van der Waals surface area (Å²) < 4.78 is 9.95. The van der Waals surface area contributed by atoms with E-state index in [1.807, 2.05) is 13.8 Å². The van der Waals surface area contributed by atoms with Crippen molar-refractivity contribution < 1.29 is 19.1 Å². The number of nitrogens with zero attached hydrogens (tertiary/aromatic N) is 1. The van der Waals surface area contributed by atoms with Crippen LogP contribution in [-0.2, 0) is 14.3 Å². The van der Waals surface area contributed by atoms with E-state index < -0.39 is 11.7 Å². The molecule has 0 unspecified atom stereocenters. The van der Waals surface area contributed by atoms with Crippen LogP contribution in [0.1, 0.15) is 41.5 Å². The summed E-state index contributed by atoms with van der Waals surface area (Å²) in [6, 6.07) is -0.0399. The number of rotatable bonds is 5. The number of hydrogen-bond acceptors (Lipinski definition) is 5. The van der Waals surface area contributed by atoms with Crippen LogP contribution in [0.25, 0.3) is 0 Å². The van der Waals surface area contributed by atoms with Crippen LogP contribution in [0.4, 0.5) is 4.79 Å². The predicted molar refractivity (Wildman–Crippen MR) is 67.8 cm³/mol. The summed E-state index contributed by atoms with van der Waals surface area (Å²) in [6.45, 7) is 11.1. The van der Waals surface area contributed by atoms with Crippen molar-refractivity contribution >= 4 is 12.1 Å². The van der Waals surface area contributed by atoms with Crippen LogP contribution in [0, 0.1) is 0 Å². The number of carbonyl (C=O) groups is 2. The van der Waals surface area contributed by atoms with Crippen molar-refractivity contribution in [3.63, 3.8) is 0 Å². The molecule has 0 aliphatic rings. The molecule has 0 aromatic heterocycles. The maximum atomic E-state index is 11.6. The fraction of sp³-hybridized carbons (Fsp3) is 0.833. The summed E-state index contributed by atoms with van der Waals surface area (Å²) in [4.78, 5) is 23.0. The molecule has 0 fully saturated rings. The Morgan fingerprint density at radius 1 is 1.28 bits per heavy atom. The summed E-state index contributed by atoms with van der Waals surface area (Å²) in [6.07, 6.45) is -0.583. The number of ether oxygens (including phenoxy) is 2. The maximum absolute atomic E-state index is 11.6. The van der Waals surface area contributed by atoms with Crippen LogP contribution in [0.2, 0.25) is 0 Å². The van der Waals surface area contributed by atoms with Gasteiger partial charge in [0.2, 0.25) is 0 Å². The molecule has 0 atom stereocenters. The molecular formula is C12H24N2O4. The molecule has 0 spiro atoms. The average molecular weight is 260 g/mol. The highest BCUT2D eigenvalue weighted by Gasteiger charge is 2.21. The smallest absolute Gasteiger partial charge is 0.422 e. The Hall–Kier alpha value is -1.30. The second kappa shape index (κ2) is 7.20. The van der Waals surface area contributed by atoms with E-state index in [-0.39, 0.29) is 18.6 Å². The minimum Gasteiger partial charge on any atom is -0.465 e. The molecule has 0 aliphatic carbocycles. The van der Waals surface area contributed by atoms with Crippen molar-refractivity contribution in [1.29, 1.82) is 0 Å². The van der Waals surface area contributed by atoms with E-state index in [0.29, 0.717) is 6.61 Å². The molecule has 6 nitrogen and oxygen atoms in total. The monoisotopic (exact) mass is 260 g/mol. The minimum absolute atomic E-state index is 0.00918. The van der Waals surface area contributed by atoms with Gasteiger partial charge in [0.05, 0.1) is 6.61 Å². The second-order valence-corrected chi connectivity index (χ2v) is 5.14. The summed E-state index contributed by atoms with van der Waals surface area (Å²) in [5.74, 6) is -0.387. The van der Waals surface area contributed by atoms with E-state index in [4.69, 9.17) is 9.47 Å². The van der Waals surface area contributed by atoms with Gasteiger partial charge in [0.15, 0.2) is 0 Å². The lowest BCUT2D eigenvalue weighted by Crippen LogP contribution is -2.50. The highest BCUT2D eigenvalue weighted by molar-refractivity contribution is 5.73. The predicted octanol–water partition coefficient (Wildman–Crippen LogP) is 1.70. The number of esters is 1. The van der Waals surface area contributed by atoms with Crippen LogP contribution >= 0.6 is 0 Å². The largest absolute Gasteiger partial charge is 0.465 e. The molecule has 0 aliphatic heterocycles. The van der Waals surface area contributed by atoms with E-state index in [1.54, 1.807) is 27.7 Å². The zero-order valence-electron chi connectivity index (χ0n) is 12.1. The third kappa shape index (κ3) is 7.89. The van der Waals surface area contributed by atoms with E-state index in [0.717, 1.165) is 0 Å². The fourth-order valence-electron chi connectivity index (χ4n) is 1.12. The third-order valence-corrected chi connectivity index (χ3v) is 1.86. The van der Waals surface area contributed by atoms with Crippen LogP contribution < -0.4 is 5.43 Å². The van der Waals surface area contributed by atoms with Crippen LogP contribution in [0.3, 0.4) is 0 Å². The molecular weight excluding hydrogens is 236 g/mol. The van der Waals surface area contributed by atoms with Crippen LogP contribution in [-0.4, -0.2) is 41.9 Å². The van der Waals surface area contributed by atoms with Crippen molar-refractivity contribution in [3.05, 3.63) is 0 Å². The highest BCUT2D eigenvalue weighted by atomic mass is 16.6. The first-order valence-electron chi connectivity index (χ1n) is 6.07. The number of amides is 1. The van der Waals surface area contributed by atoms with Gasteiger partial charge in [-0.2, -0.15) is 0 Å². The van der Waals surface area contributed by atoms with Crippen molar-refractivity contribution in [2.45, 2.75) is 53.2 Å². The molecule has 6 heteroatoms. The first-order valence-corrected chi connectivity index (χ1v) is 6.07. The van der Waals surface area contributed by atoms with Gasteiger partial charge in [0.25, 0.3) is 0 Å². The Morgan fingerprint density at radius 3 is 2.22 bits per heavy atom. The Labute approximate surface area is 109 Å². The molecule has 1 N–H and O–H groups in total. The van der Waals surface area contributed by atoms with E-state index >= 15 is 0 Å². The molecule has 0 radical (unpaired) electrons. The summed E-state index contributed by atoms with van der Waals surface area (Å²) >= 11 is 0. The quantitative estimate of drug-likeness (QED) is 0.602. The minimum atomic E-state index is -0.583. The number of hydrazine groups is 1. The second-order valence-electron chi connectivity index (χ2n) is 5.14. The van der Waals surface area contributed by atoms with Gasteiger partial charge < -0.3 is 9.47 Å². The Bertz CT molecular complexity index is 284. The normalized spacial score (nSPS) is 11.6. The van der Waals surface area contributed by atoms with Gasteiger partial charge in [-0.25, -0.2) is 9.80 Å². The third-order valence-electron chi connectivity index (χ3n) is 1.86. The first kappa shape index (κ1) is 16.7. The average Bonchev–Trinajstić information content (AvgIpc) is 2.13. The number of hydrogen-bond donors (Lipinski definition) is 1. The zero-order chi connectivity index (χ0) is 14.3. The topological polar surface area (TPSA) is 67.9 Å². The van der Waals surface area contributed by atoms with Crippen LogP contribution in [0.15, 0.2) is 0 Å². The lowest BCUT2D eigenvalue weighted by Gasteiger charge is -2.28. The molecule has 18 heavy (non-hydrogen) atoms. The molecule has 0 aromatic carbocycles. The van der Waals surface area contributed by atoms with E-state index in [1.165, 1.54) is 5.01 Å². The van der Waals surface area contributed by atoms with Gasteiger partial charge in [0, 0.05) is 6.04 Å². The van der Waals surface area contributed by atoms with Gasteiger partial charge >= 0.3 is 12.1 Å². The summed E-state index contributed by atoms with van der Waals surface area (Å²) in [5, 5.41) is 1.48. The zero-order valence-corrected chi connectivity index (χ0v) is 12.1. The lowest BCUT2D eigenvalue weighted by atomic mass is 10.2. The number of nitrogens with one attached hydrogen (secondary N) is 1. The Morgan fingerprint density at radius 2 is 1.83 bits per heavy atom. The SMILES string of the molecule is CCOC(=O)CN(NC(=O)OC(C)(C)C)C(C)C. The Kier molecular flexibility index (Phi) is 6.68. The standard InChI is InChI=1S/C12H24N2O4/c1-7-17-10(15)8-14(9(2)3)13-11(16)18-12(4,5)6/h9H,7-8H2,1-6H3,(H,13,16). The van der Waals surface area contributed by atoms with Gasteiger partial charge in [-0.3, -0.25) is 10.2 Å². The highest BCUT2D eigenvalue weighted by Crippen LogP contribution is 2.07. The lowest BCUT2D eigenvalue weighted by molar-refractivity contribution is -0.145. The van der Waals surface area contributed by atoms with E-state index in [9.17, 15) is 9.59 Å². The fourth-order valence-corrected chi connectivity index (χ4v) is 1.12. The molecule has 0 rings (SSSR count). The van der Waals surface area contributed by atoms with Crippen molar-refractivity contribution in [1.82, 2.24) is 10.4 Å². The summed E-state index contributed by atoms with van der Waals surface area (Å²) in [5.41, 5.74) is 1.96. The molecule has 0 heterocycles. The maximum Gasteiger partial charge on any atom is 0.422 e. The first-order chi connectivity index (χ1) is 8.15. The van der Waals surface area contributed by atoms with E-state index in [2.05, 4.69) is 5.43 Å².